The molecule has 0 bridgehead atoms. The number of aliphatic hydroxyl groups excluding tert-OH is 1. The van der Waals surface area contributed by atoms with Crippen LogP contribution < -0.4 is 4.74 Å². The van der Waals surface area contributed by atoms with Gasteiger partial charge in [-0.3, -0.25) is 14.7 Å². The molecule has 1 aromatic heterocycles. The molecule has 1 aliphatic heterocycles. The minimum atomic E-state index is -4.74. The number of aliphatic hydroxyl groups is 1. The third kappa shape index (κ3) is 5.93. The van der Waals surface area contributed by atoms with Crippen LogP contribution in [0.1, 0.15) is 11.1 Å². The summed E-state index contributed by atoms with van der Waals surface area (Å²) in [4.78, 5) is 20.0. The highest BCUT2D eigenvalue weighted by Crippen LogP contribution is 2.23. The summed E-state index contributed by atoms with van der Waals surface area (Å²) < 4.78 is 40.6. The number of carbonyl (C=O) groups excluding carboxylic acids is 1. The van der Waals surface area contributed by atoms with Crippen LogP contribution in [0.3, 0.4) is 0 Å². The van der Waals surface area contributed by atoms with E-state index in [0.29, 0.717) is 13.1 Å². The van der Waals surface area contributed by atoms with E-state index in [1.807, 2.05) is 6.07 Å². The maximum Gasteiger partial charge on any atom is 0.573 e. The maximum atomic E-state index is 12.6. The van der Waals surface area contributed by atoms with E-state index in [0.717, 1.165) is 11.1 Å². The van der Waals surface area contributed by atoms with Crippen LogP contribution in [-0.2, 0) is 17.9 Å². The fourth-order valence-electron chi connectivity index (χ4n) is 3.11. The van der Waals surface area contributed by atoms with Crippen LogP contribution >= 0.6 is 0 Å². The number of amides is 1. The zero-order chi connectivity index (χ0) is 20.1. The van der Waals surface area contributed by atoms with Gasteiger partial charge in [-0.1, -0.05) is 18.2 Å². The summed E-state index contributed by atoms with van der Waals surface area (Å²) >= 11 is 0. The molecule has 1 N–H and O–H groups in total. The molecule has 1 atom stereocenters. The number of hydrogen-bond donors (Lipinski definition) is 1. The Morgan fingerprint density at radius 3 is 2.50 bits per heavy atom. The first-order chi connectivity index (χ1) is 13.3. The minimum Gasteiger partial charge on any atom is -0.406 e. The van der Waals surface area contributed by atoms with E-state index in [-0.39, 0.29) is 31.3 Å². The molecule has 2 heterocycles. The molecule has 1 aromatic carbocycles. The van der Waals surface area contributed by atoms with Crippen molar-refractivity contribution in [3.63, 3.8) is 0 Å². The van der Waals surface area contributed by atoms with Crippen molar-refractivity contribution in [2.24, 2.45) is 0 Å². The average molecular weight is 395 g/mol. The first-order valence-corrected chi connectivity index (χ1v) is 8.70. The van der Waals surface area contributed by atoms with E-state index in [2.05, 4.69) is 9.72 Å². The molecule has 0 spiro atoms. The normalized spacial score (nSPS) is 18.8. The molecule has 9 heteroatoms. The Morgan fingerprint density at radius 1 is 1.11 bits per heavy atom. The Balaban J connectivity index is 1.61. The van der Waals surface area contributed by atoms with Crippen molar-refractivity contribution in [2.75, 3.05) is 19.6 Å². The van der Waals surface area contributed by atoms with Gasteiger partial charge in [0.15, 0.2) is 0 Å². The topological polar surface area (TPSA) is 65.9 Å². The van der Waals surface area contributed by atoms with Crippen molar-refractivity contribution in [1.29, 1.82) is 0 Å². The van der Waals surface area contributed by atoms with Gasteiger partial charge >= 0.3 is 6.36 Å². The first kappa shape index (κ1) is 20.1. The fourth-order valence-corrected chi connectivity index (χ4v) is 3.11. The van der Waals surface area contributed by atoms with Crippen LogP contribution in [0.5, 0.6) is 5.75 Å². The van der Waals surface area contributed by atoms with Crippen molar-refractivity contribution in [2.45, 2.75) is 25.6 Å². The number of aromatic nitrogens is 1. The molecule has 150 valence electrons. The number of β-amino-alcohol motifs (C(OH)–C–C–N with tert-alkyl or cyclic N) is 1. The summed E-state index contributed by atoms with van der Waals surface area (Å²) in [5.41, 5.74) is 1.59. The highest BCUT2D eigenvalue weighted by molar-refractivity contribution is 5.78. The van der Waals surface area contributed by atoms with Crippen LogP contribution in [-0.4, -0.2) is 57.9 Å². The highest BCUT2D eigenvalue weighted by Gasteiger charge is 2.31. The molecule has 28 heavy (non-hydrogen) atoms. The fraction of sp³-hybridized carbons (Fsp3) is 0.368. The molecular weight excluding hydrogens is 375 g/mol. The molecule has 1 unspecified atom stereocenters. The SMILES string of the molecule is O=C1CN(Cc2ccc(OC(F)(F)F)cc2)CC(O)CN1Cc1cccnc1. The Hall–Kier alpha value is -2.65. The number of hydrogen-bond acceptors (Lipinski definition) is 5. The van der Waals surface area contributed by atoms with E-state index >= 15 is 0 Å². The summed E-state index contributed by atoms with van der Waals surface area (Å²) in [6.07, 6.45) is -2.14. The number of carbonyl (C=O) groups is 1. The molecular formula is C19H20F3N3O3. The molecule has 1 amide bonds. The number of nitrogens with zero attached hydrogens (tertiary/aromatic N) is 3. The van der Waals surface area contributed by atoms with Crippen LogP contribution in [0, 0.1) is 0 Å². The van der Waals surface area contributed by atoms with Gasteiger partial charge < -0.3 is 14.7 Å². The molecule has 6 nitrogen and oxygen atoms in total. The molecule has 0 radical (unpaired) electrons. The van der Waals surface area contributed by atoms with Gasteiger partial charge in [0, 0.05) is 38.6 Å². The second-order valence-corrected chi connectivity index (χ2v) is 6.65. The Bertz CT molecular complexity index is 785. The van der Waals surface area contributed by atoms with Crippen LogP contribution in [0.25, 0.3) is 0 Å². The van der Waals surface area contributed by atoms with Crippen molar-refractivity contribution in [3.05, 3.63) is 59.9 Å². The summed E-state index contributed by atoms with van der Waals surface area (Å²) in [7, 11) is 0. The number of pyridine rings is 1. The Labute approximate surface area is 160 Å². The lowest BCUT2D eigenvalue weighted by atomic mass is 10.2. The lowest BCUT2D eigenvalue weighted by Crippen LogP contribution is -2.36. The van der Waals surface area contributed by atoms with Gasteiger partial charge in [-0.2, -0.15) is 0 Å². The van der Waals surface area contributed by atoms with E-state index in [1.165, 1.54) is 24.3 Å². The number of alkyl halides is 3. The van der Waals surface area contributed by atoms with Gasteiger partial charge in [-0.05, 0) is 29.3 Å². The summed E-state index contributed by atoms with van der Waals surface area (Å²) in [6, 6.07) is 9.13. The van der Waals surface area contributed by atoms with Gasteiger partial charge in [0.1, 0.15) is 5.75 Å². The quantitative estimate of drug-likeness (QED) is 0.841. The molecule has 3 rings (SSSR count). The first-order valence-electron chi connectivity index (χ1n) is 8.70. The summed E-state index contributed by atoms with van der Waals surface area (Å²) in [5, 5.41) is 10.3. The van der Waals surface area contributed by atoms with Crippen molar-refractivity contribution < 1.29 is 27.8 Å². The Kier molecular flexibility index (Phi) is 6.15. The second kappa shape index (κ2) is 8.57. The van der Waals surface area contributed by atoms with Gasteiger partial charge in [0.05, 0.1) is 12.6 Å². The highest BCUT2D eigenvalue weighted by atomic mass is 19.4. The van der Waals surface area contributed by atoms with E-state index < -0.39 is 12.5 Å². The second-order valence-electron chi connectivity index (χ2n) is 6.65. The monoisotopic (exact) mass is 395 g/mol. The molecule has 0 saturated carbocycles. The predicted octanol–water partition coefficient (Wildman–Crippen LogP) is 2.19. The van der Waals surface area contributed by atoms with Crippen molar-refractivity contribution in [1.82, 2.24) is 14.8 Å². The number of rotatable bonds is 5. The number of halogens is 3. The number of benzene rings is 1. The largest absolute Gasteiger partial charge is 0.573 e. The van der Waals surface area contributed by atoms with Crippen LogP contribution in [0.15, 0.2) is 48.8 Å². The molecule has 1 fully saturated rings. The lowest BCUT2D eigenvalue weighted by Gasteiger charge is -2.21. The lowest BCUT2D eigenvalue weighted by molar-refractivity contribution is -0.274. The van der Waals surface area contributed by atoms with Crippen molar-refractivity contribution in [3.8, 4) is 5.75 Å². The zero-order valence-corrected chi connectivity index (χ0v) is 15.0. The standard InChI is InChI=1S/C19H20F3N3O3/c20-19(21,22)28-17-5-3-14(4-6-17)9-24-11-16(26)12-25(18(27)13-24)10-15-2-1-7-23-8-15/h1-8,16,26H,9-13H2. The predicted molar refractivity (Wildman–Crippen MR) is 94.1 cm³/mol. The third-order valence-corrected chi connectivity index (χ3v) is 4.27. The minimum absolute atomic E-state index is 0.109. The summed E-state index contributed by atoms with van der Waals surface area (Å²) in [6.45, 7) is 1.30. The van der Waals surface area contributed by atoms with E-state index in [9.17, 15) is 23.1 Å². The van der Waals surface area contributed by atoms with Gasteiger partial charge in [0.2, 0.25) is 5.91 Å². The van der Waals surface area contributed by atoms with Crippen molar-refractivity contribution >= 4 is 5.91 Å². The van der Waals surface area contributed by atoms with E-state index in [1.54, 1.807) is 28.3 Å². The Morgan fingerprint density at radius 2 is 1.86 bits per heavy atom. The average Bonchev–Trinajstić information content (AvgIpc) is 2.74. The van der Waals surface area contributed by atoms with Crippen LogP contribution in [0.4, 0.5) is 13.2 Å². The zero-order valence-electron chi connectivity index (χ0n) is 15.0. The molecule has 0 aliphatic carbocycles. The van der Waals surface area contributed by atoms with E-state index in [4.69, 9.17) is 0 Å². The summed E-state index contributed by atoms with van der Waals surface area (Å²) in [5.74, 6) is -0.427. The number of ether oxygens (including phenoxy) is 1. The van der Waals surface area contributed by atoms with Gasteiger partial charge in [-0.15, -0.1) is 13.2 Å². The molecule has 1 saturated heterocycles. The third-order valence-electron chi connectivity index (χ3n) is 4.27. The van der Waals surface area contributed by atoms with Crippen LogP contribution in [0.2, 0.25) is 0 Å². The molecule has 2 aromatic rings. The smallest absolute Gasteiger partial charge is 0.406 e. The van der Waals surface area contributed by atoms with Gasteiger partial charge in [0.25, 0.3) is 0 Å². The van der Waals surface area contributed by atoms with Gasteiger partial charge in [-0.25, -0.2) is 0 Å². The maximum absolute atomic E-state index is 12.6. The molecule has 1 aliphatic rings.